The highest BCUT2D eigenvalue weighted by molar-refractivity contribution is 8.01. The predicted octanol–water partition coefficient (Wildman–Crippen LogP) is -0.136. The maximum Gasteiger partial charge on any atom is 0.352 e. The van der Waals surface area contributed by atoms with E-state index in [0.717, 1.165) is 11.3 Å². The molecule has 0 aliphatic carbocycles. The Balaban J connectivity index is 1.52. The molecule has 1 saturated heterocycles. The second-order valence-electron chi connectivity index (χ2n) is 7.97. The van der Waals surface area contributed by atoms with Crippen molar-refractivity contribution in [2.24, 2.45) is 5.16 Å². The summed E-state index contributed by atoms with van der Waals surface area (Å²) in [5.74, 6) is -1.17. The fraction of sp³-hybridized carbons (Fsp3) is 0.381. The van der Waals surface area contributed by atoms with Crippen molar-refractivity contribution in [2.75, 3.05) is 35.3 Å². The van der Waals surface area contributed by atoms with E-state index in [4.69, 9.17) is 22.0 Å². The van der Waals surface area contributed by atoms with Crippen LogP contribution in [0.2, 0.25) is 0 Å². The van der Waals surface area contributed by atoms with E-state index in [1.807, 2.05) is 6.92 Å². The first-order valence-corrected chi connectivity index (χ1v) is 14.3. The molecule has 2 unspecified atom stereocenters. The van der Waals surface area contributed by atoms with Crippen LogP contribution in [0.3, 0.4) is 0 Å². The molecule has 2 aromatic rings. The number of aromatic nitrogens is 3. The number of carbonyl (C=O) groups excluding carboxylic acids is 2. The minimum atomic E-state index is -1.23. The van der Waals surface area contributed by atoms with Crippen LogP contribution in [-0.2, 0) is 25.8 Å². The number of amides is 2. The lowest BCUT2D eigenvalue weighted by Gasteiger charge is -2.49. The van der Waals surface area contributed by atoms with Gasteiger partial charge in [-0.25, -0.2) is 14.3 Å². The van der Waals surface area contributed by atoms with Crippen LogP contribution >= 0.6 is 34.9 Å². The highest BCUT2D eigenvalue weighted by atomic mass is 32.2. The van der Waals surface area contributed by atoms with E-state index < -0.39 is 29.2 Å². The lowest BCUT2D eigenvalue weighted by Crippen LogP contribution is -2.71. The molecule has 17 heteroatoms. The van der Waals surface area contributed by atoms with Crippen LogP contribution in [0, 0.1) is 0 Å². The molecule has 1 fully saturated rings. The standard InChI is InChI=1S/C21H25N9O5S3/c1-3-29-12(23)5-11(22)26-21(29)38-7-9-6-36-18-14(17(32)30(18)15(9)19(33)34)27-16(31)13(28-35-4-2)10-8-37-20(24)25-10/h5,8,14,18H,3-4,6-7H2,1-2H3,(H7,22,23,24,25,27,31,33,34)/p+1/b28-13-. The van der Waals surface area contributed by atoms with Gasteiger partial charge in [-0.3, -0.25) is 14.5 Å². The van der Waals surface area contributed by atoms with Gasteiger partial charge < -0.3 is 32.5 Å². The first kappa shape index (κ1) is 27.5. The molecule has 2 atom stereocenters. The predicted molar refractivity (Wildman–Crippen MR) is 144 cm³/mol. The number of carboxylic acids is 1. The highest BCUT2D eigenvalue weighted by Gasteiger charge is 2.54. The largest absolute Gasteiger partial charge is 0.477 e. The van der Waals surface area contributed by atoms with Gasteiger partial charge >= 0.3 is 11.1 Å². The van der Waals surface area contributed by atoms with Gasteiger partial charge in [0.25, 0.3) is 11.8 Å². The number of thiazole rings is 1. The smallest absolute Gasteiger partial charge is 0.352 e. The Kier molecular flexibility index (Phi) is 8.27. The average molecular weight is 581 g/mol. The summed E-state index contributed by atoms with van der Waals surface area (Å²) in [6, 6.07) is 0.605. The van der Waals surface area contributed by atoms with Crippen molar-refractivity contribution in [3.8, 4) is 0 Å². The number of thioether (sulfide) groups is 2. The fourth-order valence-corrected chi connectivity index (χ4v) is 6.98. The summed E-state index contributed by atoms with van der Waals surface area (Å²) in [4.78, 5) is 52.9. The third kappa shape index (κ3) is 5.34. The lowest BCUT2D eigenvalue weighted by atomic mass is 10.0. The third-order valence-electron chi connectivity index (χ3n) is 5.56. The number of hydrogen-bond acceptors (Lipinski definition) is 13. The SMILES string of the molecule is CCO/N=C(\C(=O)NC1C(=O)N2C(C(=O)O)=C(CSc3nc(N)cc(N)[n+]3CC)CSC12)c1csc(N)n1. The molecule has 2 aliphatic rings. The van der Waals surface area contributed by atoms with Crippen LogP contribution in [0.25, 0.3) is 0 Å². The molecule has 14 nitrogen and oxygen atoms in total. The van der Waals surface area contributed by atoms with Crippen LogP contribution < -0.4 is 27.1 Å². The molecule has 38 heavy (non-hydrogen) atoms. The quantitative estimate of drug-likeness (QED) is 0.0620. The highest BCUT2D eigenvalue weighted by Crippen LogP contribution is 2.41. The summed E-state index contributed by atoms with van der Waals surface area (Å²) in [5.41, 5.74) is 18.1. The van der Waals surface area contributed by atoms with Crippen LogP contribution in [-0.4, -0.2) is 73.0 Å². The Morgan fingerprint density at radius 3 is 2.74 bits per heavy atom. The average Bonchev–Trinajstić information content (AvgIpc) is 3.30. The number of carboxylic acid groups (broad SMARTS) is 1. The van der Waals surface area contributed by atoms with Gasteiger partial charge in [-0.2, -0.15) is 0 Å². The minimum absolute atomic E-state index is 0.104. The monoisotopic (exact) mass is 580 g/mol. The number of rotatable bonds is 10. The summed E-state index contributed by atoms with van der Waals surface area (Å²) in [7, 11) is 0. The van der Waals surface area contributed by atoms with Gasteiger partial charge in [0.05, 0.1) is 12.6 Å². The first-order valence-electron chi connectivity index (χ1n) is 11.4. The van der Waals surface area contributed by atoms with Crippen molar-refractivity contribution in [3.63, 3.8) is 0 Å². The van der Waals surface area contributed by atoms with Gasteiger partial charge in [0.2, 0.25) is 11.6 Å². The molecule has 4 rings (SSSR count). The molecule has 8 N–H and O–H groups in total. The fourth-order valence-electron chi connectivity index (χ4n) is 3.86. The summed E-state index contributed by atoms with van der Waals surface area (Å²) in [5, 5.41) is 18.2. The Bertz CT molecular complexity index is 1350. The van der Waals surface area contributed by atoms with Gasteiger partial charge in [-0.15, -0.1) is 23.1 Å². The van der Waals surface area contributed by atoms with E-state index in [0.29, 0.717) is 28.8 Å². The number of anilines is 3. The van der Waals surface area contributed by atoms with E-state index in [9.17, 15) is 19.5 Å². The number of aliphatic carboxylic acids is 1. The molecular weight excluding hydrogens is 554 g/mol. The molecule has 2 aromatic heterocycles. The van der Waals surface area contributed by atoms with Crippen molar-refractivity contribution in [2.45, 2.75) is 37.0 Å². The Morgan fingerprint density at radius 2 is 2.11 bits per heavy atom. The van der Waals surface area contributed by atoms with Gasteiger partial charge in [-0.1, -0.05) is 10.1 Å². The summed E-state index contributed by atoms with van der Waals surface area (Å²) < 4.78 is 1.76. The number of nitrogens with two attached hydrogens (primary N) is 3. The second kappa shape index (κ2) is 11.4. The summed E-state index contributed by atoms with van der Waals surface area (Å²) in [6.45, 7) is 4.38. The molecule has 0 bridgehead atoms. The van der Waals surface area contributed by atoms with Crippen LogP contribution in [0.4, 0.5) is 16.8 Å². The number of β-lactam (4-membered cyclic amide) rings is 1. The number of nitrogen functional groups attached to an aromatic ring is 3. The molecule has 0 aromatic carbocycles. The van der Waals surface area contributed by atoms with E-state index in [1.165, 1.54) is 28.4 Å². The zero-order chi connectivity index (χ0) is 27.6. The second-order valence-corrected chi connectivity index (χ2v) is 10.9. The molecule has 2 amide bonds. The number of oxime groups is 1. The lowest BCUT2D eigenvalue weighted by molar-refractivity contribution is -0.719. The van der Waals surface area contributed by atoms with Crippen LogP contribution in [0.15, 0.2) is 33.0 Å². The molecule has 0 saturated carbocycles. The molecular formula is C21H26N9O5S3+. The van der Waals surface area contributed by atoms with Gasteiger partial charge in [-0.05, 0) is 31.2 Å². The first-order chi connectivity index (χ1) is 18.2. The summed E-state index contributed by atoms with van der Waals surface area (Å²) >= 11 is 3.76. The zero-order valence-electron chi connectivity index (χ0n) is 20.4. The number of fused-ring (bicyclic) bond motifs is 1. The van der Waals surface area contributed by atoms with Gasteiger partial charge in [0.1, 0.15) is 29.4 Å². The molecule has 4 heterocycles. The Labute approximate surface area is 229 Å². The molecule has 0 radical (unpaired) electrons. The van der Waals surface area contributed by atoms with E-state index in [-0.39, 0.29) is 40.4 Å². The van der Waals surface area contributed by atoms with Crippen LogP contribution in [0.5, 0.6) is 0 Å². The molecule has 202 valence electrons. The maximum atomic E-state index is 13.1. The molecule has 2 aliphatic heterocycles. The van der Waals surface area contributed by atoms with E-state index >= 15 is 0 Å². The zero-order valence-corrected chi connectivity index (χ0v) is 22.9. The topological polar surface area (TPSA) is 216 Å². The van der Waals surface area contributed by atoms with Crippen molar-refractivity contribution >= 4 is 75.1 Å². The van der Waals surface area contributed by atoms with E-state index in [2.05, 4.69) is 20.4 Å². The maximum absolute atomic E-state index is 13.1. The number of nitrogens with zero attached hydrogens (tertiary/aromatic N) is 5. The number of hydrogen-bond donors (Lipinski definition) is 5. The minimum Gasteiger partial charge on any atom is -0.477 e. The normalized spacial score (nSPS) is 19.2. The third-order valence-corrected chi connectivity index (χ3v) is 8.63. The Hall–Kier alpha value is -3.57. The van der Waals surface area contributed by atoms with Crippen LogP contribution in [0.1, 0.15) is 19.5 Å². The number of carbonyl (C=O) groups is 3. The van der Waals surface area contributed by atoms with Gasteiger partial charge in [0, 0.05) is 16.9 Å². The van der Waals surface area contributed by atoms with Gasteiger partial charge in [0.15, 0.2) is 10.8 Å². The van der Waals surface area contributed by atoms with Crippen molar-refractivity contribution < 1.29 is 28.9 Å². The Morgan fingerprint density at radius 1 is 1.34 bits per heavy atom. The van der Waals surface area contributed by atoms with E-state index in [1.54, 1.807) is 22.9 Å². The molecule has 0 spiro atoms. The van der Waals surface area contributed by atoms with Crippen molar-refractivity contribution in [3.05, 3.63) is 28.4 Å². The van der Waals surface area contributed by atoms with Crippen molar-refractivity contribution in [1.82, 2.24) is 20.2 Å². The van der Waals surface area contributed by atoms with Crippen molar-refractivity contribution in [1.29, 1.82) is 0 Å². The summed E-state index contributed by atoms with van der Waals surface area (Å²) in [6.07, 6.45) is 0. The number of nitrogens with one attached hydrogen (secondary N) is 1.